The number of benzene rings is 2. The van der Waals surface area contributed by atoms with Crippen LogP contribution in [0.3, 0.4) is 0 Å². The summed E-state index contributed by atoms with van der Waals surface area (Å²) in [5, 5.41) is 3.39. The van der Waals surface area contributed by atoms with Crippen molar-refractivity contribution in [2.24, 2.45) is 5.92 Å². The van der Waals surface area contributed by atoms with Crippen molar-refractivity contribution in [3.8, 4) is 5.75 Å². The third-order valence-electron chi connectivity index (χ3n) is 4.02. The van der Waals surface area contributed by atoms with Crippen molar-refractivity contribution >= 4 is 0 Å². The fraction of sp³-hybridized carbons (Fsp3) is 0.333. The molecule has 110 valence electrons. The highest BCUT2D eigenvalue weighted by molar-refractivity contribution is 5.25. The Morgan fingerprint density at radius 3 is 2.29 bits per heavy atom. The van der Waals surface area contributed by atoms with Gasteiger partial charge in [-0.05, 0) is 55.8 Å². The standard InChI is InChI=1S/C18H20FNO/c19-16-6-8-17(9-7-16)21-18(14-4-2-1-3-5-14)15-10-12-20-13-11-15/h1-9,15,18,20H,10-13H2/t18-/m0/s1. The van der Waals surface area contributed by atoms with E-state index in [0.717, 1.165) is 31.7 Å². The van der Waals surface area contributed by atoms with E-state index in [1.807, 2.05) is 18.2 Å². The van der Waals surface area contributed by atoms with Crippen LogP contribution in [0.5, 0.6) is 5.75 Å². The summed E-state index contributed by atoms with van der Waals surface area (Å²) in [6.45, 7) is 2.06. The first-order chi connectivity index (χ1) is 10.3. The molecule has 2 nitrogen and oxygen atoms in total. The molecule has 0 aromatic heterocycles. The van der Waals surface area contributed by atoms with E-state index in [1.54, 1.807) is 12.1 Å². The Bertz CT molecular complexity index is 549. The second-order valence-electron chi connectivity index (χ2n) is 5.49. The van der Waals surface area contributed by atoms with Crippen LogP contribution in [0.25, 0.3) is 0 Å². The van der Waals surface area contributed by atoms with E-state index in [-0.39, 0.29) is 11.9 Å². The van der Waals surface area contributed by atoms with Crippen LogP contribution in [0, 0.1) is 11.7 Å². The largest absolute Gasteiger partial charge is 0.485 e. The molecule has 3 rings (SSSR count). The van der Waals surface area contributed by atoms with Crippen LogP contribution in [-0.4, -0.2) is 13.1 Å². The summed E-state index contributed by atoms with van der Waals surface area (Å²) < 4.78 is 19.2. The van der Waals surface area contributed by atoms with Gasteiger partial charge in [-0.25, -0.2) is 4.39 Å². The van der Waals surface area contributed by atoms with E-state index in [4.69, 9.17) is 4.74 Å². The van der Waals surface area contributed by atoms with Crippen LogP contribution < -0.4 is 10.1 Å². The Balaban J connectivity index is 1.83. The monoisotopic (exact) mass is 285 g/mol. The van der Waals surface area contributed by atoms with Gasteiger partial charge in [0.1, 0.15) is 17.7 Å². The predicted molar refractivity (Wildman–Crippen MR) is 81.8 cm³/mol. The van der Waals surface area contributed by atoms with Crippen molar-refractivity contribution in [2.75, 3.05) is 13.1 Å². The van der Waals surface area contributed by atoms with Crippen molar-refractivity contribution in [3.05, 3.63) is 66.0 Å². The highest BCUT2D eigenvalue weighted by Crippen LogP contribution is 2.33. The van der Waals surface area contributed by atoms with E-state index in [1.165, 1.54) is 17.7 Å². The second-order valence-corrected chi connectivity index (χ2v) is 5.49. The summed E-state index contributed by atoms with van der Waals surface area (Å²) in [4.78, 5) is 0. The maximum Gasteiger partial charge on any atom is 0.127 e. The van der Waals surface area contributed by atoms with Crippen molar-refractivity contribution in [3.63, 3.8) is 0 Å². The maximum absolute atomic E-state index is 13.0. The van der Waals surface area contributed by atoms with Crippen LogP contribution in [0.2, 0.25) is 0 Å². The van der Waals surface area contributed by atoms with Crippen LogP contribution in [-0.2, 0) is 0 Å². The summed E-state index contributed by atoms with van der Waals surface area (Å²) in [6, 6.07) is 16.6. The van der Waals surface area contributed by atoms with E-state index < -0.39 is 0 Å². The van der Waals surface area contributed by atoms with Gasteiger partial charge in [-0.3, -0.25) is 0 Å². The van der Waals surface area contributed by atoms with Crippen molar-refractivity contribution in [2.45, 2.75) is 18.9 Å². The first-order valence-corrected chi connectivity index (χ1v) is 7.51. The molecule has 1 N–H and O–H groups in total. The molecule has 0 radical (unpaired) electrons. The number of piperidine rings is 1. The molecule has 0 aliphatic carbocycles. The van der Waals surface area contributed by atoms with Gasteiger partial charge in [0.2, 0.25) is 0 Å². The Morgan fingerprint density at radius 2 is 1.62 bits per heavy atom. The maximum atomic E-state index is 13.0. The molecule has 1 fully saturated rings. The minimum Gasteiger partial charge on any atom is -0.485 e. The quantitative estimate of drug-likeness (QED) is 0.918. The zero-order chi connectivity index (χ0) is 14.5. The summed E-state index contributed by atoms with van der Waals surface area (Å²) in [7, 11) is 0. The average molecular weight is 285 g/mol. The summed E-state index contributed by atoms with van der Waals surface area (Å²) in [6.07, 6.45) is 2.22. The van der Waals surface area contributed by atoms with Crippen molar-refractivity contribution < 1.29 is 9.13 Å². The number of hydrogen-bond donors (Lipinski definition) is 1. The molecule has 0 amide bonds. The Morgan fingerprint density at radius 1 is 0.952 bits per heavy atom. The Hall–Kier alpha value is -1.87. The highest BCUT2D eigenvalue weighted by atomic mass is 19.1. The fourth-order valence-corrected chi connectivity index (χ4v) is 2.89. The summed E-state index contributed by atoms with van der Waals surface area (Å²) >= 11 is 0. The van der Waals surface area contributed by atoms with Gasteiger partial charge in [-0.1, -0.05) is 30.3 Å². The predicted octanol–water partition coefficient (Wildman–Crippen LogP) is 3.95. The summed E-state index contributed by atoms with van der Waals surface area (Å²) in [5.41, 5.74) is 1.19. The van der Waals surface area contributed by atoms with Gasteiger partial charge in [0, 0.05) is 5.92 Å². The lowest BCUT2D eigenvalue weighted by Crippen LogP contribution is -2.32. The lowest BCUT2D eigenvalue weighted by molar-refractivity contribution is 0.112. The molecule has 0 saturated carbocycles. The van der Waals surface area contributed by atoms with Crippen LogP contribution in [0.4, 0.5) is 4.39 Å². The highest BCUT2D eigenvalue weighted by Gasteiger charge is 2.26. The topological polar surface area (TPSA) is 21.3 Å². The lowest BCUT2D eigenvalue weighted by Gasteiger charge is -2.31. The first kappa shape index (κ1) is 14.1. The van der Waals surface area contributed by atoms with Gasteiger partial charge in [0.25, 0.3) is 0 Å². The molecule has 1 heterocycles. The zero-order valence-electron chi connectivity index (χ0n) is 12.0. The molecule has 21 heavy (non-hydrogen) atoms. The molecule has 1 atom stereocenters. The van der Waals surface area contributed by atoms with Crippen LogP contribution in [0.1, 0.15) is 24.5 Å². The number of halogens is 1. The van der Waals surface area contributed by atoms with Gasteiger partial charge in [-0.2, -0.15) is 0 Å². The lowest BCUT2D eigenvalue weighted by atomic mass is 9.88. The van der Waals surface area contributed by atoms with Crippen molar-refractivity contribution in [1.29, 1.82) is 0 Å². The van der Waals surface area contributed by atoms with Gasteiger partial charge in [0.05, 0.1) is 0 Å². The number of ether oxygens (including phenoxy) is 1. The molecule has 0 bridgehead atoms. The Labute approximate surface area is 125 Å². The minimum absolute atomic E-state index is 0.0266. The fourth-order valence-electron chi connectivity index (χ4n) is 2.89. The van der Waals surface area contributed by atoms with Gasteiger partial charge < -0.3 is 10.1 Å². The van der Waals surface area contributed by atoms with E-state index >= 15 is 0 Å². The molecule has 2 aromatic rings. The molecule has 1 aliphatic rings. The molecule has 1 aliphatic heterocycles. The molecule has 1 saturated heterocycles. The van der Waals surface area contributed by atoms with Crippen molar-refractivity contribution in [1.82, 2.24) is 5.32 Å². The summed E-state index contributed by atoms with van der Waals surface area (Å²) in [5.74, 6) is 0.975. The minimum atomic E-state index is -0.236. The van der Waals surface area contributed by atoms with Gasteiger partial charge in [0.15, 0.2) is 0 Å². The van der Waals surface area contributed by atoms with Crippen LogP contribution in [0.15, 0.2) is 54.6 Å². The first-order valence-electron chi connectivity index (χ1n) is 7.51. The SMILES string of the molecule is Fc1ccc(O[C@@H](c2ccccc2)C2CCNCC2)cc1. The molecular weight excluding hydrogens is 265 g/mol. The smallest absolute Gasteiger partial charge is 0.127 e. The van der Waals surface area contributed by atoms with E-state index in [2.05, 4.69) is 17.4 Å². The molecule has 0 spiro atoms. The normalized spacial score (nSPS) is 17.4. The molecule has 3 heteroatoms. The number of nitrogens with one attached hydrogen (secondary N) is 1. The van der Waals surface area contributed by atoms with Gasteiger partial charge in [-0.15, -0.1) is 0 Å². The average Bonchev–Trinajstić information content (AvgIpc) is 2.56. The molecule has 0 unspecified atom stereocenters. The molecule has 2 aromatic carbocycles. The Kier molecular flexibility index (Phi) is 4.51. The number of hydrogen-bond acceptors (Lipinski definition) is 2. The number of rotatable bonds is 4. The van der Waals surface area contributed by atoms with E-state index in [9.17, 15) is 4.39 Å². The van der Waals surface area contributed by atoms with Gasteiger partial charge >= 0.3 is 0 Å². The van der Waals surface area contributed by atoms with Crippen LogP contribution >= 0.6 is 0 Å². The third-order valence-corrected chi connectivity index (χ3v) is 4.02. The zero-order valence-corrected chi connectivity index (χ0v) is 12.0. The van der Waals surface area contributed by atoms with E-state index in [0.29, 0.717) is 5.92 Å². The second kappa shape index (κ2) is 6.72. The molecular formula is C18H20FNO. The third kappa shape index (κ3) is 3.61.